The minimum atomic E-state index is 0.537. The van der Waals surface area contributed by atoms with Gasteiger partial charge in [0.05, 0.1) is 11.0 Å². The molecule has 0 bridgehead atoms. The van der Waals surface area contributed by atoms with E-state index >= 15 is 0 Å². The van der Waals surface area contributed by atoms with Crippen LogP contribution >= 0.6 is 0 Å². The van der Waals surface area contributed by atoms with Gasteiger partial charge in [-0.25, -0.2) is 29.9 Å². The van der Waals surface area contributed by atoms with Crippen LogP contribution in [0.1, 0.15) is 0 Å². The highest BCUT2D eigenvalue weighted by molar-refractivity contribution is 6.27. The van der Waals surface area contributed by atoms with Crippen LogP contribution in [0.15, 0.2) is 171 Å². The van der Waals surface area contributed by atoms with E-state index < -0.39 is 0 Å². The molecule has 0 unspecified atom stereocenters. The Bertz CT molecular complexity index is 3380. The van der Waals surface area contributed by atoms with Crippen LogP contribution in [0.5, 0.6) is 0 Å². The Labute approximate surface area is 341 Å². The van der Waals surface area contributed by atoms with E-state index in [1.807, 2.05) is 78.9 Å². The van der Waals surface area contributed by atoms with Crippen molar-refractivity contribution in [1.82, 2.24) is 49.8 Å². The second-order valence-corrected chi connectivity index (χ2v) is 14.6. The molecular formula is C50H28N10. The van der Waals surface area contributed by atoms with E-state index in [2.05, 4.69) is 74.5 Å². The van der Waals surface area contributed by atoms with Crippen molar-refractivity contribution >= 4 is 54.1 Å². The standard InChI is InChI=1S/C50H28N10/c1-6-36(28-52-21-1)48-56-47(35-10-8-30-5-3-23-54-42(30)27-35)59-50(60-48)40-18-14-32-11-15-37-39(17-13-31-12-16-38(40)44(32)43(31)37)49-57-45(33-19-24-51-25-20-33)55-46(58-49)34-9-7-29-4-2-22-53-41(29)26-34/h1-28H. The second kappa shape index (κ2) is 13.6. The van der Waals surface area contributed by atoms with E-state index in [0.29, 0.717) is 34.9 Å². The van der Waals surface area contributed by atoms with Gasteiger partial charge in [-0.1, -0.05) is 72.8 Å². The molecule has 0 saturated carbocycles. The minimum Gasteiger partial charge on any atom is -0.265 e. The molecular weight excluding hydrogens is 741 g/mol. The maximum absolute atomic E-state index is 5.15. The van der Waals surface area contributed by atoms with Gasteiger partial charge >= 0.3 is 0 Å². The summed E-state index contributed by atoms with van der Waals surface area (Å²) in [7, 11) is 0. The predicted octanol–water partition coefficient (Wildman–Crippen LogP) is 10.8. The summed E-state index contributed by atoms with van der Waals surface area (Å²) in [6.07, 6.45) is 10.6. The summed E-state index contributed by atoms with van der Waals surface area (Å²) in [6.45, 7) is 0. The Hall–Kier alpha value is -8.50. The number of benzene rings is 6. The fourth-order valence-electron chi connectivity index (χ4n) is 8.11. The van der Waals surface area contributed by atoms with Gasteiger partial charge in [0.2, 0.25) is 0 Å². The fourth-order valence-corrected chi connectivity index (χ4v) is 8.11. The lowest BCUT2D eigenvalue weighted by Crippen LogP contribution is -2.02. The first kappa shape index (κ1) is 33.6. The molecule has 0 aliphatic heterocycles. The molecule has 6 aromatic carbocycles. The zero-order valence-electron chi connectivity index (χ0n) is 31.6. The van der Waals surface area contributed by atoms with Crippen molar-refractivity contribution in [2.24, 2.45) is 0 Å². The molecule has 0 spiro atoms. The van der Waals surface area contributed by atoms with E-state index in [9.17, 15) is 0 Å². The Morgan fingerprint density at radius 2 is 0.767 bits per heavy atom. The molecule has 0 fully saturated rings. The Kier molecular flexibility index (Phi) is 7.60. The van der Waals surface area contributed by atoms with Crippen LogP contribution in [0.3, 0.4) is 0 Å². The smallest absolute Gasteiger partial charge is 0.165 e. The number of rotatable bonds is 6. The summed E-state index contributed by atoms with van der Waals surface area (Å²) < 4.78 is 0. The van der Waals surface area contributed by atoms with E-state index in [0.717, 1.165) is 87.5 Å². The van der Waals surface area contributed by atoms with E-state index in [1.165, 1.54) is 0 Å². The van der Waals surface area contributed by atoms with Crippen molar-refractivity contribution in [3.8, 4) is 68.3 Å². The van der Waals surface area contributed by atoms with E-state index in [4.69, 9.17) is 29.9 Å². The van der Waals surface area contributed by atoms with Crippen molar-refractivity contribution in [3.05, 3.63) is 171 Å². The molecule has 0 N–H and O–H groups in total. The van der Waals surface area contributed by atoms with E-state index in [1.54, 1.807) is 37.2 Å². The third kappa shape index (κ3) is 5.65. The average Bonchev–Trinajstić information content (AvgIpc) is 3.33. The Balaban J connectivity index is 1.06. The third-order valence-corrected chi connectivity index (χ3v) is 11.0. The second-order valence-electron chi connectivity index (χ2n) is 14.6. The predicted molar refractivity (Wildman–Crippen MR) is 236 cm³/mol. The number of aromatic nitrogens is 10. The van der Waals surface area contributed by atoms with Crippen molar-refractivity contribution < 1.29 is 0 Å². The van der Waals surface area contributed by atoms with E-state index in [-0.39, 0.29) is 0 Å². The summed E-state index contributed by atoms with van der Waals surface area (Å²) in [5.74, 6) is 3.34. The minimum absolute atomic E-state index is 0.537. The van der Waals surface area contributed by atoms with Gasteiger partial charge in [0.1, 0.15) is 0 Å². The fraction of sp³-hybridized carbons (Fsp3) is 0. The lowest BCUT2D eigenvalue weighted by Gasteiger charge is -2.16. The molecule has 0 aliphatic rings. The first-order chi connectivity index (χ1) is 29.7. The van der Waals surface area contributed by atoms with Crippen molar-refractivity contribution in [3.63, 3.8) is 0 Å². The highest BCUT2D eigenvalue weighted by Crippen LogP contribution is 2.42. The molecule has 10 nitrogen and oxygen atoms in total. The van der Waals surface area contributed by atoms with Gasteiger partial charge in [-0.2, -0.15) is 0 Å². The van der Waals surface area contributed by atoms with Gasteiger partial charge in [0.25, 0.3) is 0 Å². The lowest BCUT2D eigenvalue weighted by molar-refractivity contribution is 1.07. The van der Waals surface area contributed by atoms with Gasteiger partial charge in [0.15, 0.2) is 34.9 Å². The van der Waals surface area contributed by atoms with Crippen LogP contribution in [0, 0.1) is 0 Å². The van der Waals surface area contributed by atoms with Gasteiger partial charge in [-0.15, -0.1) is 0 Å². The largest absolute Gasteiger partial charge is 0.265 e. The molecule has 10 heteroatoms. The van der Waals surface area contributed by atoms with Gasteiger partial charge in [0, 0.05) is 81.3 Å². The quantitative estimate of drug-likeness (QED) is 0.151. The lowest BCUT2D eigenvalue weighted by atomic mass is 9.89. The summed E-state index contributed by atoms with van der Waals surface area (Å²) >= 11 is 0. The van der Waals surface area contributed by atoms with Crippen molar-refractivity contribution in [2.45, 2.75) is 0 Å². The Morgan fingerprint density at radius 3 is 1.30 bits per heavy atom. The molecule has 0 radical (unpaired) electrons. The van der Waals surface area contributed by atoms with Gasteiger partial charge in [-0.05, 0) is 93.0 Å². The number of fused-ring (bicyclic) bond motifs is 2. The monoisotopic (exact) mass is 768 g/mol. The highest BCUT2D eigenvalue weighted by atomic mass is 15.0. The summed E-state index contributed by atoms with van der Waals surface area (Å²) in [4.78, 5) is 48.2. The molecule has 12 aromatic rings. The van der Waals surface area contributed by atoms with Crippen LogP contribution < -0.4 is 0 Å². The molecule has 12 rings (SSSR count). The number of pyridine rings is 4. The SMILES string of the molecule is c1cncc(-c2nc(-c3ccc4cccnc4c3)nc(-c3ccc4ccc5c(-c6nc(-c7ccncc7)nc(-c7ccc8cccnc8c7)n6)ccc6ccc3c4c65)n2)c1. The highest BCUT2D eigenvalue weighted by Gasteiger charge is 2.21. The maximum Gasteiger partial charge on any atom is 0.165 e. The number of hydrogen-bond donors (Lipinski definition) is 0. The van der Waals surface area contributed by atoms with Crippen LogP contribution in [-0.2, 0) is 0 Å². The summed E-state index contributed by atoms with van der Waals surface area (Å²) in [6, 6.07) is 45.1. The molecule has 0 saturated heterocycles. The number of hydrogen-bond acceptors (Lipinski definition) is 10. The maximum atomic E-state index is 5.15. The molecule has 0 aliphatic carbocycles. The first-order valence-electron chi connectivity index (χ1n) is 19.4. The summed E-state index contributed by atoms with van der Waals surface area (Å²) in [5.41, 5.74) is 6.86. The molecule has 60 heavy (non-hydrogen) atoms. The van der Waals surface area contributed by atoms with Gasteiger partial charge < -0.3 is 0 Å². The number of nitrogens with zero attached hydrogens (tertiary/aromatic N) is 10. The average molecular weight is 769 g/mol. The molecule has 6 aromatic heterocycles. The first-order valence-corrected chi connectivity index (χ1v) is 19.4. The van der Waals surface area contributed by atoms with Crippen molar-refractivity contribution in [2.75, 3.05) is 0 Å². The van der Waals surface area contributed by atoms with Crippen LogP contribution in [0.4, 0.5) is 0 Å². The molecule has 278 valence electrons. The van der Waals surface area contributed by atoms with Gasteiger partial charge in [-0.3, -0.25) is 19.9 Å². The molecule has 0 amide bonds. The third-order valence-electron chi connectivity index (χ3n) is 11.0. The van der Waals surface area contributed by atoms with Crippen LogP contribution in [-0.4, -0.2) is 49.8 Å². The topological polar surface area (TPSA) is 129 Å². The Morgan fingerprint density at radius 1 is 0.300 bits per heavy atom. The summed E-state index contributed by atoms with van der Waals surface area (Å²) in [5, 5.41) is 8.55. The zero-order chi connectivity index (χ0) is 39.6. The van der Waals surface area contributed by atoms with Crippen LogP contribution in [0.25, 0.3) is 122 Å². The molecule has 0 atom stereocenters. The van der Waals surface area contributed by atoms with Crippen LogP contribution in [0.2, 0.25) is 0 Å². The van der Waals surface area contributed by atoms with Crippen molar-refractivity contribution in [1.29, 1.82) is 0 Å². The normalized spacial score (nSPS) is 11.7. The molecule has 6 heterocycles. The zero-order valence-corrected chi connectivity index (χ0v) is 31.6.